The van der Waals surface area contributed by atoms with E-state index in [1.807, 2.05) is 0 Å². The molecule has 0 aromatic carbocycles. The summed E-state index contributed by atoms with van der Waals surface area (Å²) in [6, 6.07) is 1.56. The van der Waals surface area contributed by atoms with E-state index in [0.717, 1.165) is 0 Å². The van der Waals surface area contributed by atoms with Gasteiger partial charge in [-0.25, -0.2) is 13.1 Å². The number of nitrogens with one attached hydrogen (secondary N) is 1. The molecular weight excluding hydrogens is 270 g/mol. The SMILES string of the molecule is COC(C)CNS(=O)(=O)c1ccsc1CCl. The Morgan fingerprint density at radius 2 is 2.31 bits per heavy atom. The number of alkyl halides is 1. The molecule has 4 nitrogen and oxygen atoms in total. The van der Waals surface area contributed by atoms with E-state index < -0.39 is 10.0 Å². The maximum absolute atomic E-state index is 11.9. The first-order valence-corrected chi connectivity index (χ1v) is 7.55. The molecule has 0 bridgehead atoms. The summed E-state index contributed by atoms with van der Waals surface area (Å²) in [4.78, 5) is 0.912. The van der Waals surface area contributed by atoms with Crippen molar-refractivity contribution in [3.8, 4) is 0 Å². The fraction of sp³-hybridized carbons (Fsp3) is 0.556. The summed E-state index contributed by atoms with van der Waals surface area (Å²) in [7, 11) is -1.93. The molecule has 1 aromatic heterocycles. The van der Waals surface area contributed by atoms with Gasteiger partial charge in [0.15, 0.2) is 0 Å². The standard InChI is InChI=1S/C9H14ClNO3S2/c1-7(14-2)6-11-16(12,13)9-3-4-15-8(9)5-10/h3-4,7,11H,5-6H2,1-2H3. The van der Waals surface area contributed by atoms with Gasteiger partial charge >= 0.3 is 0 Å². The third kappa shape index (κ3) is 3.43. The van der Waals surface area contributed by atoms with Crippen LogP contribution in [0.2, 0.25) is 0 Å². The first-order chi connectivity index (χ1) is 7.51. The van der Waals surface area contributed by atoms with E-state index >= 15 is 0 Å². The van der Waals surface area contributed by atoms with Crippen molar-refractivity contribution in [2.75, 3.05) is 13.7 Å². The molecule has 0 amide bonds. The van der Waals surface area contributed by atoms with Crippen LogP contribution in [-0.4, -0.2) is 28.2 Å². The Bertz CT molecular complexity index is 430. The van der Waals surface area contributed by atoms with Crippen LogP contribution < -0.4 is 4.72 Å². The predicted octanol–water partition coefficient (Wildman–Crippen LogP) is 1.80. The molecule has 0 spiro atoms. The van der Waals surface area contributed by atoms with Gasteiger partial charge in [0, 0.05) is 18.5 Å². The highest BCUT2D eigenvalue weighted by Gasteiger charge is 2.19. The summed E-state index contributed by atoms with van der Waals surface area (Å²) in [6.07, 6.45) is -0.159. The molecule has 0 fully saturated rings. The van der Waals surface area contributed by atoms with Crippen LogP contribution in [0.5, 0.6) is 0 Å². The van der Waals surface area contributed by atoms with E-state index in [9.17, 15) is 8.42 Å². The topological polar surface area (TPSA) is 55.4 Å². The Morgan fingerprint density at radius 3 is 2.88 bits per heavy atom. The number of hydrogen-bond donors (Lipinski definition) is 1. The Labute approximate surface area is 105 Å². The van der Waals surface area contributed by atoms with Crippen LogP contribution in [0.1, 0.15) is 11.8 Å². The molecule has 0 aliphatic heterocycles. The number of thiophene rings is 1. The van der Waals surface area contributed by atoms with Crippen molar-refractivity contribution in [2.45, 2.75) is 23.8 Å². The minimum atomic E-state index is -3.47. The lowest BCUT2D eigenvalue weighted by molar-refractivity contribution is 0.122. The molecule has 16 heavy (non-hydrogen) atoms. The second-order valence-electron chi connectivity index (χ2n) is 3.24. The summed E-state index contributed by atoms with van der Waals surface area (Å²) < 4.78 is 31.2. The highest BCUT2D eigenvalue weighted by molar-refractivity contribution is 7.89. The number of rotatable bonds is 6. The molecule has 1 N–H and O–H groups in total. The van der Waals surface area contributed by atoms with Gasteiger partial charge < -0.3 is 4.74 Å². The number of ether oxygens (including phenoxy) is 1. The fourth-order valence-electron chi connectivity index (χ4n) is 1.05. The van der Waals surface area contributed by atoms with Gasteiger partial charge in [0.2, 0.25) is 10.0 Å². The van der Waals surface area contributed by atoms with Gasteiger partial charge in [-0.2, -0.15) is 0 Å². The van der Waals surface area contributed by atoms with E-state index in [1.54, 1.807) is 18.4 Å². The Balaban J connectivity index is 2.78. The maximum Gasteiger partial charge on any atom is 0.241 e. The molecule has 0 aliphatic rings. The van der Waals surface area contributed by atoms with E-state index in [1.165, 1.54) is 18.4 Å². The molecule has 1 aromatic rings. The highest BCUT2D eigenvalue weighted by Crippen LogP contribution is 2.23. The summed E-state index contributed by atoms with van der Waals surface area (Å²) >= 11 is 7.00. The van der Waals surface area contributed by atoms with Crippen molar-refractivity contribution in [2.24, 2.45) is 0 Å². The van der Waals surface area contributed by atoms with E-state index in [0.29, 0.717) is 4.88 Å². The van der Waals surface area contributed by atoms with Crippen LogP contribution in [0.25, 0.3) is 0 Å². The number of methoxy groups -OCH3 is 1. The minimum absolute atomic E-state index is 0.159. The van der Waals surface area contributed by atoms with Gasteiger partial charge in [0.1, 0.15) is 0 Å². The number of halogens is 1. The second-order valence-corrected chi connectivity index (χ2v) is 6.24. The van der Waals surface area contributed by atoms with Crippen molar-refractivity contribution in [3.63, 3.8) is 0 Å². The second kappa shape index (κ2) is 5.97. The van der Waals surface area contributed by atoms with Gasteiger partial charge in [-0.05, 0) is 18.4 Å². The minimum Gasteiger partial charge on any atom is -0.380 e. The molecule has 0 saturated carbocycles. The van der Waals surface area contributed by atoms with Crippen molar-refractivity contribution < 1.29 is 13.2 Å². The van der Waals surface area contributed by atoms with Crippen molar-refractivity contribution >= 4 is 33.0 Å². The Hall–Kier alpha value is -0.140. The van der Waals surface area contributed by atoms with Crippen LogP contribution in [0.4, 0.5) is 0 Å². The molecular formula is C9H14ClNO3S2. The monoisotopic (exact) mass is 283 g/mol. The molecule has 1 rings (SSSR count). The van der Waals surface area contributed by atoms with Crippen molar-refractivity contribution in [1.82, 2.24) is 4.72 Å². The zero-order valence-electron chi connectivity index (χ0n) is 9.07. The largest absolute Gasteiger partial charge is 0.380 e. The maximum atomic E-state index is 11.9. The fourth-order valence-corrected chi connectivity index (χ4v) is 3.87. The average molecular weight is 284 g/mol. The van der Waals surface area contributed by atoms with Gasteiger partial charge in [-0.15, -0.1) is 22.9 Å². The first-order valence-electron chi connectivity index (χ1n) is 4.66. The highest BCUT2D eigenvalue weighted by atomic mass is 35.5. The molecule has 1 unspecified atom stereocenters. The third-order valence-electron chi connectivity index (χ3n) is 2.08. The quantitative estimate of drug-likeness (QED) is 0.810. The van der Waals surface area contributed by atoms with Gasteiger partial charge in [0.05, 0.1) is 16.9 Å². The molecule has 0 saturated heterocycles. The zero-order valence-corrected chi connectivity index (χ0v) is 11.5. The van der Waals surface area contributed by atoms with E-state index in [-0.39, 0.29) is 23.4 Å². The summed E-state index contributed by atoms with van der Waals surface area (Å²) in [5, 5.41) is 1.71. The lowest BCUT2D eigenvalue weighted by Gasteiger charge is -2.11. The average Bonchev–Trinajstić information content (AvgIpc) is 2.74. The van der Waals surface area contributed by atoms with E-state index in [2.05, 4.69) is 4.72 Å². The molecule has 1 atom stereocenters. The predicted molar refractivity (Wildman–Crippen MR) is 65.5 cm³/mol. The van der Waals surface area contributed by atoms with Gasteiger partial charge in [-0.1, -0.05) is 0 Å². The number of hydrogen-bond acceptors (Lipinski definition) is 4. The molecule has 0 aliphatic carbocycles. The van der Waals surface area contributed by atoms with Crippen LogP contribution in [0.3, 0.4) is 0 Å². The third-order valence-corrected chi connectivity index (χ3v) is 5.06. The Kier molecular flexibility index (Phi) is 5.20. The summed E-state index contributed by atoms with van der Waals surface area (Å²) in [5.41, 5.74) is 0. The normalized spacial score (nSPS) is 13.9. The van der Waals surface area contributed by atoms with Crippen LogP contribution in [-0.2, 0) is 20.6 Å². The van der Waals surface area contributed by atoms with Crippen LogP contribution in [0.15, 0.2) is 16.3 Å². The van der Waals surface area contributed by atoms with Crippen molar-refractivity contribution in [1.29, 1.82) is 0 Å². The zero-order chi connectivity index (χ0) is 12.2. The molecule has 1 heterocycles. The molecule has 92 valence electrons. The molecule has 0 radical (unpaired) electrons. The number of sulfonamides is 1. The van der Waals surface area contributed by atoms with Crippen LogP contribution >= 0.6 is 22.9 Å². The smallest absolute Gasteiger partial charge is 0.241 e. The Morgan fingerprint density at radius 1 is 1.62 bits per heavy atom. The molecule has 7 heteroatoms. The lowest BCUT2D eigenvalue weighted by atomic mass is 10.4. The first kappa shape index (κ1) is 13.9. The summed E-state index contributed by atoms with van der Waals surface area (Å²) in [5.74, 6) is 0.202. The van der Waals surface area contributed by atoms with Gasteiger partial charge in [0.25, 0.3) is 0 Å². The summed E-state index contributed by atoms with van der Waals surface area (Å²) in [6.45, 7) is 2.04. The lowest BCUT2D eigenvalue weighted by Crippen LogP contribution is -2.31. The van der Waals surface area contributed by atoms with Crippen molar-refractivity contribution in [3.05, 3.63) is 16.3 Å². The van der Waals surface area contributed by atoms with E-state index in [4.69, 9.17) is 16.3 Å². The van der Waals surface area contributed by atoms with Crippen LogP contribution in [0, 0.1) is 0 Å². The van der Waals surface area contributed by atoms with Gasteiger partial charge in [-0.3, -0.25) is 0 Å².